The van der Waals surface area contributed by atoms with Gasteiger partial charge in [0.1, 0.15) is 5.75 Å². The van der Waals surface area contributed by atoms with Crippen molar-refractivity contribution >= 4 is 41.3 Å². The van der Waals surface area contributed by atoms with Crippen LogP contribution in [0.3, 0.4) is 0 Å². The molecule has 0 spiro atoms. The number of nitrogens with zero attached hydrogens (tertiary/aromatic N) is 1. The molecule has 0 radical (unpaired) electrons. The molecule has 28 heavy (non-hydrogen) atoms. The van der Waals surface area contributed by atoms with E-state index in [1.165, 1.54) is 0 Å². The normalized spacial score (nSPS) is 10.7. The van der Waals surface area contributed by atoms with E-state index < -0.39 is 0 Å². The highest BCUT2D eigenvalue weighted by molar-refractivity contribution is 14.0. The number of hydrogen-bond acceptors (Lipinski definition) is 4. The van der Waals surface area contributed by atoms with E-state index in [1.807, 2.05) is 42.5 Å². The summed E-state index contributed by atoms with van der Waals surface area (Å²) in [6.07, 6.45) is 1.85. The molecular formula is C21H31IN4O2. The van der Waals surface area contributed by atoms with Gasteiger partial charge in [0, 0.05) is 57.7 Å². The van der Waals surface area contributed by atoms with Crippen molar-refractivity contribution in [1.29, 1.82) is 0 Å². The van der Waals surface area contributed by atoms with E-state index in [9.17, 15) is 0 Å². The second-order valence-electron chi connectivity index (χ2n) is 5.99. The van der Waals surface area contributed by atoms with Crippen LogP contribution < -0.4 is 20.7 Å². The Morgan fingerprint density at radius 1 is 0.929 bits per heavy atom. The molecule has 0 aromatic heterocycles. The summed E-state index contributed by atoms with van der Waals surface area (Å²) in [7, 11) is 3.46. The predicted octanol–water partition coefficient (Wildman–Crippen LogP) is 4.21. The van der Waals surface area contributed by atoms with Gasteiger partial charge in [0.15, 0.2) is 5.96 Å². The van der Waals surface area contributed by atoms with Gasteiger partial charge in [-0.3, -0.25) is 4.99 Å². The van der Waals surface area contributed by atoms with E-state index in [1.54, 1.807) is 14.2 Å². The first-order valence-electron chi connectivity index (χ1n) is 9.30. The molecule has 0 bridgehead atoms. The summed E-state index contributed by atoms with van der Waals surface area (Å²) in [6, 6.07) is 18.1. The molecule has 6 nitrogen and oxygen atoms in total. The Morgan fingerprint density at radius 3 is 2.46 bits per heavy atom. The second-order valence-corrected chi connectivity index (χ2v) is 5.99. The minimum Gasteiger partial charge on any atom is -0.493 e. The summed E-state index contributed by atoms with van der Waals surface area (Å²) in [4.78, 5) is 4.27. The summed E-state index contributed by atoms with van der Waals surface area (Å²) >= 11 is 0. The van der Waals surface area contributed by atoms with Gasteiger partial charge in [-0.1, -0.05) is 24.3 Å². The number of benzene rings is 2. The van der Waals surface area contributed by atoms with Crippen LogP contribution >= 0.6 is 24.0 Å². The quantitative estimate of drug-likeness (QED) is 0.188. The van der Waals surface area contributed by atoms with Gasteiger partial charge in [0.25, 0.3) is 0 Å². The van der Waals surface area contributed by atoms with E-state index in [0.717, 1.165) is 49.0 Å². The number of ether oxygens (including phenoxy) is 2. The zero-order valence-electron chi connectivity index (χ0n) is 16.6. The number of halogens is 1. The lowest BCUT2D eigenvalue weighted by molar-refractivity contribution is 0.172. The van der Waals surface area contributed by atoms with E-state index in [2.05, 4.69) is 33.1 Å². The Kier molecular flexibility index (Phi) is 12.9. The molecule has 154 valence electrons. The molecule has 0 aliphatic heterocycles. The SMILES string of the molecule is CN=C(NCCCNc1ccccc1)Nc1cccc(OCCCOC)c1.I. The fraction of sp³-hybridized carbons (Fsp3) is 0.381. The van der Waals surface area contributed by atoms with Crippen molar-refractivity contribution in [2.45, 2.75) is 12.8 Å². The van der Waals surface area contributed by atoms with Crippen LogP contribution in [-0.4, -0.2) is 46.4 Å². The van der Waals surface area contributed by atoms with Gasteiger partial charge >= 0.3 is 0 Å². The van der Waals surface area contributed by atoms with Crippen LogP contribution in [0.4, 0.5) is 11.4 Å². The molecule has 3 N–H and O–H groups in total. The number of guanidine groups is 1. The minimum atomic E-state index is 0. The molecule has 0 aliphatic carbocycles. The smallest absolute Gasteiger partial charge is 0.195 e. The molecule has 0 saturated heterocycles. The van der Waals surface area contributed by atoms with Crippen LogP contribution in [0.1, 0.15) is 12.8 Å². The molecule has 7 heteroatoms. The Hall–Kier alpha value is -2.00. The molecule has 0 fully saturated rings. The van der Waals surface area contributed by atoms with Gasteiger partial charge < -0.3 is 25.4 Å². The van der Waals surface area contributed by atoms with Gasteiger partial charge in [-0.15, -0.1) is 24.0 Å². The maximum atomic E-state index is 5.73. The van der Waals surface area contributed by atoms with Gasteiger partial charge in [-0.2, -0.15) is 0 Å². The van der Waals surface area contributed by atoms with Crippen molar-refractivity contribution in [2.75, 3.05) is 51.1 Å². The fourth-order valence-corrected chi connectivity index (χ4v) is 2.46. The number of methoxy groups -OCH3 is 1. The molecule has 0 atom stereocenters. The summed E-state index contributed by atoms with van der Waals surface area (Å²) < 4.78 is 10.8. The van der Waals surface area contributed by atoms with Crippen molar-refractivity contribution in [1.82, 2.24) is 5.32 Å². The number of hydrogen-bond donors (Lipinski definition) is 3. The number of rotatable bonds is 11. The summed E-state index contributed by atoms with van der Waals surface area (Å²) in [5.74, 6) is 1.57. The monoisotopic (exact) mass is 498 g/mol. The third-order valence-corrected chi connectivity index (χ3v) is 3.83. The van der Waals surface area contributed by atoms with Crippen LogP contribution in [0, 0.1) is 0 Å². The molecule has 0 amide bonds. The summed E-state index contributed by atoms with van der Waals surface area (Å²) in [6.45, 7) is 3.07. The van der Waals surface area contributed by atoms with Gasteiger partial charge in [-0.25, -0.2) is 0 Å². The van der Waals surface area contributed by atoms with Crippen molar-refractivity contribution < 1.29 is 9.47 Å². The molecule has 2 aromatic carbocycles. The van der Waals surface area contributed by atoms with Crippen LogP contribution in [0.2, 0.25) is 0 Å². The molecule has 2 aromatic rings. The number of anilines is 2. The zero-order chi connectivity index (χ0) is 19.2. The fourth-order valence-electron chi connectivity index (χ4n) is 2.46. The zero-order valence-corrected chi connectivity index (χ0v) is 18.9. The largest absolute Gasteiger partial charge is 0.493 e. The average molecular weight is 498 g/mol. The molecule has 0 saturated carbocycles. The molecular weight excluding hydrogens is 467 g/mol. The van der Waals surface area contributed by atoms with Gasteiger partial charge in [-0.05, 0) is 30.7 Å². The summed E-state index contributed by atoms with van der Waals surface area (Å²) in [5.41, 5.74) is 2.08. The molecule has 0 unspecified atom stereocenters. The number of para-hydroxylation sites is 1. The third kappa shape index (κ3) is 9.80. The van der Waals surface area contributed by atoms with E-state index in [-0.39, 0.29) is 24.0 Å². The maximum Gasteiger partial charge on any atom is 0.195 e. The lowest BCUT2D eigenvalue weighted by Crippen LogP contribution is -2.32. The Bertz CT molecular complexity index is 683. The third-order valence-electron chi connectivity index (χ3n) is 3.83. The van der Waals surface area contributed by atoms with E-state index >= 15 is 0 Å². The second kappa shape index (κ2) is 15.0. The number of nitrogens with one attached hydrogen (secondary N) is 3. The standard InChI is InChI=1S/C21H30N4O2.HI/c1-22-21(24-14-7-13-23-18-9-4-3-5-10-18)25-19-11-6-12-20(17-19)27-16-8-15-26-2;/h3-6,9-12,17,23H,7-8,13-16H2,1-2H3,(H2,22,24,25);1H. The summed E-state index contributed by atoms with van der Waals surface area (Å²) in [5, 5.41) is 10.0. The highest BCUT2D eigenvalue weighted by atomic mass is 127. The highest BCUT2D eigenvalue weighted by Gasteiger charge is 2.01. The topological polar surface area (TPSA) is 66.9 Å². The Balaban J connectivity index is 0.00000392. The van der Waals surface area contributed by atoms with Crippen molar-refractivity contribution in [3.63, 3.8) is 0 Å². The van der Waals surface area contributed by atoms with Crippen LogP contribution in [-0.2, 0) is 4.74 Å². The van der Waals surface area contributed by atoms with Crippen molar-refractivity contribution in [3.8, 4) is 5.75 Å². The first-order valence-corrected chi connectivity index (χ1v) is 9.30. The van der Waals surface area contributed by atoms with Crippen LogP contribution in [0.5, 0.6) is 5.75 Å². The molecule has 2 rings (SSSR count). The van der Waals surface area contributed by atoms with E-state index in [0.29, 0.717) is 13.2 Å². The van der Waals surface area contributed by atoms with Crippen molar-refractivity contribution in [2.24, 2.45) is 4.99 Å². The first-order chi connectivity index (χ1) is 13.3. The number of aliphatic imine (C=N–C) groups is 1. The minimum absolute atomic E-state index is 0. The lowest BCUT2D eigenvalue weighted by Gasteiger charge is -2.13. The van der Waals surface area contributed by atoms with Crippen molar-refractivity contribution in [3.05, 3.63) is 54.6 Å². The average Bonchev–Trinajstić information content (AvgIpc) is 2.71. The molecule has 0 aliphatic rings. The predicted molar refractivity (Wildman–Crippen MR) is 128 cm³/mol. The highest BCUT2D eigenvalue weighted by Crippen LogP contribution is 2.17. The van der Waals surface area contributed by atoms with Crippen LogP contribution in [0.15, 0.2) is 59.6 Å². The van der Waals surface area contributed by atoms with E-state index in [4.69, 9.17) is 9.47 Å². The molecule has 0 heterocycles. The van der Waals surface area contributed by atoms with Gasteiger partial charge in [0.05, 0.1) is 6.61 Å². The van der Waals surface area contributed by atoms with Gasteiger partial charge in [0.2, 0.25) is 0 Å². The Morgan fingerprint density at radius 2 is 1.71 bits per heavy atom. The first kappa shape index (κ1) is 24.0. The maximum absolute atomic E-state index is 5.73. The Labute approximate surface area is 185 Å². The lowest BCUT2D eigenvalue weighted by atomic mass is 10.3. The van der Waals surface area contributed by atoms with Crippen LogP contribution in [0.25, 0.3) is 0 Å².